The van der Waals surface area contributed by atoms with E-state index in [-0.39, 0.29) is 0 Å². The summed E-state index contributed by atoms with van der Waals surface area (Å²) in [7, 11) is 0. The number of hydrogen-bond acceptors (Lipinski definition) is 4. The Morgan fingerprint density at radius 2 is 0.500 bits per heavy atom. The predicted molar refractivity (Wildman–Crippen MR) is 403 cm³/mol. The fourth-order valence-corrected chi connectivity index (χ4v) is 16.0. The third-order valence-electron chi connectivity index (χ3n) is 20.2. The number of unbranched alkanes of at least 4 members (excludes halogenated alkanes) is 28. The van der Waals surface area contributed by atoms with E-state index in [9.17, 15) is 10.2 Å². The number of aryl methyl sites for hydroxylation is 4. The highest BCUT2D eigenvalue weighted by atomic mass is 32.1. The van der Waals surface area contributed by atoms with E-state index < -0.39 is 11.2 Å². The third-order valence-corrected chi connectivity index (χ3v) is 22.0. The molecular weight excluding hydrogens is 1150 g/mol. The number of hydrogen-bond donors (Lipinski definition) is 2. The molecule has 0 radical (unpaired) electrons. The maximum atomic E-state index is 14.8. The summed E-state index contributed by atoms with van der Waals surface area (Å²) in [5.74, 6) is 0. The SMILES string of the molecule is CCCCCCCCCCCCc1ccc(C(O)(c2ccc(CCCCCCCCCCCC)cc2)c2cc(-c3ccc4ccsc4c3)c(C(O)(c3ccc(CCCCCCCC)cc3)c3ccc(CCCCCCCC)cc3)cc2-c2ccc3ccsc3c2)cc1. The van der Waals surface area contributed by atoms with Crippen molar-refractivity contribution in [1.29, 1.82) is 0 Å². The monoisotopic (exact) mass is 1270 g/mol. The molecule has 0 saturated carbocycles. The van der Waals surface area contributed by atoms with Crippen molar-refractivity contribution >= 4 is 42.8 Å². The van der Waals surface area contributed by atoms with Crippen LogP contribution >= 0.6 is 22.7 Å². The van der Waals surface area contributed by atoms with Crippen molar-refractivity contribution in [2.45, 2.75) is 270 Å². The highest BCUT2D eigenvalue weighted by Gasteiger charge is 2.42. The van der Waals surface area contributed by atoms with Crippen LogP contribution in [-0.2, 0) is 36.9 Å². The minimum absolute atomic E-state index is 0.798. The molecule has 2 heterocycles. The van der Waals surface area contributed by atoms with Gasteiger partial charge in [0.15, 0.2) is 0 Å². The normalized spacial score (nSPS) is 12.1. The van der Waals surface area contributed by atoms with E-state index in [0.717, 1.165) is 94.2 Å². The number of rotatable bonds is 44. The molecule has 0 bridgehead atoms. The summed E-state index contributed by atoms with van der Waals surface area (Å²) in [6.07, 6.45) is 45.5. The molecule has 9 aromatic rings. The first-order valence-electron chi connectivity index (χ1n) is 37.2. The molecule has 2 aromatic heterocycles. The van der Waals surface area contributed by atoms with Crippen molar-refractivity contribution in [2.75, 3.05) is 0 Å². The molecule has 2 N–H and O–H groups in total. The van der Waals surface area contributed by atoms with Gasteiger partial charge in [0.05, 0.1) is 0 Å². The Morgan fingerprint density at radius 1 is 0.261 bits per heavy atom. The Kier molecular flexibility index (Phi) is 29.2. The molecule has 0 aliphatic carbocycles. The number of aliphatic hydroxyl groups is 2. The quantitative estimate of drug-likeness (QED) is 0.0295. The number of benzene rings is 7. The Bertz CT molecular complexity index is 3380. The Labute approximate surface area is 565 Å². The fourth-order valence-electron chi connectivity index (χ4n) is 14.4. The van der Waals surface area contributed by atoms with Gasteiger partial charge in [-0.15, -0.1) is 22.7 Å². The smallest absolute Gasteiger partial charge is 0.141 e. The molecular formula is C88H114O2S2. The van der Waals surface area contributed by atoms with Crippen LogP contribution < -0.4 is 0 Å². The molecule has 0 aliphatic heterocycles. The summed E-state index contributed by atoms with van der Waals surface area (Å²) in [4.78, 5) is 0. The largest absolute Gasteiger partial charge is 0.376 e. The van der Waals surface area contributed by atoms with Gasteiger partial charge in [0.1, 0.15) is 11.2 Å². The highest BCUT2D eigenvalue weighted by Crippen LogP contribution is 2.50. The standard InChI is InChI=1S/C88H114O2S2/c1-5-9-13-17-21-23-25-27-31-35-39-71-45-57-79(58-46-71)88(90,80-59-47-72(48-60-80)40-36-32-28-26-24-22-18-14-10-6-2)84-68-81(75-51-49-73-61-63-91-85(73)65-75)83(67-82(84)76-52-50-74-62-64-92-86(74)66-76)87(89,77-53-41-69(42-54-77)37-33-29-19-15-11-7-3)78-55-43-70(44-56-78)38-34-30-20-16-12-8-4/h41-68,89-90H,5-40H2,1-4H3. The van der Waals surface area contributed by atoms with E-state index in [0.29, 0.717) is 0 Å². The van der Waals surface area contributed by atoms with Gasteiger partial charge in [0.2, 0.25) is 0 Å². The lowest BCUT2D eigenvalue weighted by Gasteiger charge is -2.37. The minimum atomic E-state index is -1.60. The van der Waals surface area contributed by atoms with E-state index in [4.69, 9.17) is 0 Å². The van der Waals surface area contributed by atoms with E-state index in [1.807, 2.05) is 0 Å². The van der Waals surface area contributed by atoms with Crippen LogP contribution in [0.2, 0.25) is 0 Å². The summed E-state index contributed by atoms with van der Waals surface area (Å²) in [6.45, 7) is 9.17. The summed E-state index contributed by atoms with van der Waals surface area (Å²) in [6, 6.07) is 58.5. The van der Waals surface area contributed by atoms with Crippen molar-refractivity contribution in [3.05, 3.63) is 224 Å². The molecule has 0 atom stereocenters. The number of fused-ring (bicyclic) bond motifs is 2. The average molecular weight is 1270 g/mol. The highest BCUT2D eigenvalue weighted by molar-refractivity contribution is 7.17. The van der Waals surface area contributed by atoms with Crippen LogP contribution in [0.25, 0.3) is 42.4 Å². The summed E-state index contributed by atoms with van der Waals surface area (Å²) < 4.78 is 2.38. The second-order valence-electron chi connectivity index (χ2n) is 27.4. The molecule has 92 heavy (non-hydrogen) atoms. The zero-order chi connectivity index (χ0) is 64.1. The first-order chi connectivity index (χ1) is 45.3. The van der Waals surface area contributed by atoms with E-state index in [1.165, 1.54) is 235 Å². The molecule has 7 aromatic carbocycles. The lowest BCUT2D eigenvalue weighted by atomic mass is 9.71. The van der Waals surface area contributed by atoms with Gasteiger partial charge in [0, 0.05) is 20.5 Å². The molecule has 2 nitrogen and oxygen atoms in total. The van der Waals surface area contributed by atoms with Gasteiger partial charge < -0.3 is 10.2 Å². The van der Waals surface area contributed by atoms with Crippen molar-refractivity contribution in [3.63, 3.8) is 0 Å². The molecule has 4 heteroatoms. The summed E-state index contributed by atoms with van der Waals surface area (Å²) in [5, 5.41) is 36.2. The van der Waals surface area contributed by atoms with Gasteiger partial charge in [0.25, 0.3) is 0 Å². The molecule has 0 amide bonds. The molecule has 0 unspecified atom stereocenters. The zero-order valence-corrected chi connectivity index (χ0v) is 59.0. The van der Waals surface area contributed by atoms with Crippen LogP contribution in [0.3, 0.4) is 0 Å². The predicted octanol–water partition coefficient (Wildman–Crippen LogP) is 26.8. The van der Waals surface area contributed by atoms with Gasteiger partial charge in [-0.25, -0.2) is 0 Å². The fraction of sp³-hybridized carbons (Fsp3) is 0.477. The second kappa shape index (κ2) is 38.1. The Morgan fingerprint density at radius 3 is 0.750 bits per heavy atom. The summed E-state index contributed by atoms with van der Waals surface area (Å²) >= 11 is 3.51. The Hall–Kier alpha value is -5.62. The molecule has 0 saturated heterocycles. The van der Waals surface area contributed by atoms with Gasteiger partial charge in [-0.05, 0) is 176 Å². The van der Waals surface area contributed by atoms with Crippen LogP contribution in [-0.4, -0.2) is 10.2 Å². The van der Waals surface area contributed by atoms with E-state index >= 15 is 0 Å². The van der Waals surface area contributed by atoms with Gasteiger partial charge in [-0.3, -0.25) is 0 Å². The topological polar surface area (TPSA) is 40.5 Å². The second-order valence-corrected chi connectivity index (χ2v) is 29.3. The first-order valence-corrected chi connectivity index (χ1v) is 39.0. The average Bonchev–Trinajstić information content (AvgIpc) is 0.755. The maximum Gasteiger partial charge on any atom is 0.141 e. The summed E-state index contributed by atoms with van der Waals surface area (Å²) in [5.41, 5.74) is 10.8. The van der Waals surface area contributed by atoms with Crippen LogP contribution in [0.5, 0.6) is 0 Å². The van der Waals surface area contributed by atoms with Gasteiger partial charge in [-0.1, -0.05) is 329 Å². The van der Waals surface area contributed by atoms with E-state index in [1.54, 1.807) is 22.7 Å². The van der Waals surface area contributed by atoms with Crippen molar-refractivity contribution in [1.82, 2.24) is 0 Å². The molecule has 0 spiro atoms. The maximum absolute atomic E-state index is 14.8. The van der Waals surface area contributed by atoms with E-state index in [2.05, 4.69) is 196 Å². The zero-order valence-electron chi connectivity index (χ0n) is 57.3. The van der Waals surface area contributed by atoms with Crippen molar-refractivity contribution in [2.24, 2.45) is 0 Å². The van der Waals surface area contributed by atoms with Crippen molar-refractivity contribution in [3.8, 4) is 22.3 Å². The van der Waals surface area contributed by atoms with Crippen LogP contribution in [0, 0.1) is 0 Å². The lowest BCUT2D eigenvalue weighted by Crippen LogP contribution is -2.32. The van der Waals surface area contributed by atoms with Crippen molar-refractivity contribution < 1.29 is 10.2 Å². The van der Waals surface area contributed by atoms with Crippen LogP contribution in [0.4, 0.5) is 0 Å². The van der Waals surface area contributed by atoms with Crippen LogP contribution in [0.15, 0.2) is 168 Å². The lowest BCUT2D eigenvalue weighted by molar-refractivity contribution is 0.122. The molecule has 0 aliphatic rings. The molecule has 0 fully saturated rings. The van der Waals surface area contributed by atoms with Gasteiger partial charge >= 0.3 is 0 Å². The molecule has 490 valence electrons. The minimum Gasteiger partial charge on any atom is -0.376 e. The third kappa shape index (κ3) is 19.7. The first kappa shape index (κ1) is 70.7. The van der Waals surface area contributed by atoms with Crippen LogP contribution in [0.1, 0.15) is 289 Å². The molecule has 9 rings (SSSR count). The number of thiophene rings is 2. The Balaban J connectivity index is 1.17. The van der Waals surface area contributed by atoms with Gasteiger partial charge in [-0.2, -0.15) is 0 Å².